The third-order valence-corrected chi connectivity index (χ3v) is 7.30. The van der Waals surface area contributed by atoms with Gasteiger partial charge in [0.05, 0.1) is 16.9 Å². The van der Waals surface area contributed by atoms with Gasteiger partial charge in [-0.05, 0) is 31.5 Å². The molecule has 1 aliphatic rings. The Hall–Kier alpha value is -1.49. The van der Waals surface area contributed by atoms with Gasteiger partial charge in [-0.3, -0.25) is 4.72 Å². The van der Waals surface area contributed by atoms with E-state index in [1.807, 2.05) is 11.8 Å². The standard InChI is InChI=1S/C17H21ClF2N4O2S2/c1-21-11(5-10-3-2-4-10)8-22-14-7-13(19)15(6-12(14)18)28(25,26)24-17-23-9-16(20)27-17/h6-7,9-11,21-22H,2-5,8H2,1H3,(H,23,24). The molecule has 1 unspecified atom stereocenters. The Morgan fingerprint density at radius 1 is 1.36 bits per heavy atom. The largest absolute Gasteiger partial charge is 0.382 e. The molecule has 1 aliphatic carbocycles. The fourth-order valence-electron chi connectivity index (χ4n) is 3.01. The summed E-state index contributed by atoms with van der Waals surface area (Å²) in [6.45, 7) is 0.537. The summed E-state index contributed by atoms with van der Waals surface area (Å²) in [5, 5.41) is 5.54. The Balaban J connectivity index is 1.70. The zero-order valence-corrected chi connectivity index (χ0v) is 17.5. The number of thiazole rings is 1. The van der Waals surface area contributed by atoms with Gasteiger partial charge in [0.1, 0.15) is 10.7 Å². The maximum Gasteiger partial charge on any atom is 0.266 e. The monoisotopic (exact) mass is 450 g/mol. The number of hydrogen-bond donors (Lipinski definition) is 3. The first-order valence-electron chi connectivity index (χ1n) is 8.83. The molecule has 6 nitrogen and oxygen atoms in total. The number of nitrogens with one attached hydrogen (secondary N) is 3. The molecule has 1 atom stereocenters. The quantitative estimate of drug-likeness (QED) is 0.536. The van der Waals surface area contributed by atoms with Gasteiger partial charge in [-0.2, -0.15) is 4.39 Å². The summed E-state index contributed by atoms with van der Waals surface area (Å²) in [5.74, 6) is -0.253. The van der Waals surface area contributed by atoms with Gasteiger partial charge in [0.25, 0.3) is 10.0 Å². The third-order valence-electron chi connectivity index (χ3n) is 4.80. The lowest BCUT2D eigenvalue weighted by molar-refractivity contribution is 0.268. The second-order valence-corrected chi connectivity index (χ2v) is 9.78. The number of aromatic nitrogens is 1. The molecule has 1 heterocycles. The molecule has 2 aromatic rings. The number of sulfonamides is 1. The van der Waals surface area contributed by atoms with Crippen LogP contribution in [0.25, 0.3) is 0 Å². The van der Waals surface area contributed by atoms with Gasteiger partial charge in [-0.25, -0.2) is 17.8 Å². The Kier molecular flexibility index (Phi) is 6.74. The summed E-state index contributed by atoms with van der Waals surface area (Å²) in [7, 11) is -2.41. The van der Waals surface area contributed by atoms with Crippen LogP contribution in [0.15, 0.2) is 23.2 Å². The Bertz CT molecular complexity index is 935. The van der Waals surface area contributed by atoms with Crippen molar-refractivity contribution in [3.8, 4) is 0 Å². The van der Waals surface area contributed by atoms with Gasteiger partial charge >= 0.3 is 0 Å². The molecular formula is C17H21ClF2N4O2S2. The highest BCUT2D eigenvalue weighted by atomic mass is 35.5. The summed E-state index contributed by atoms with van der Waals surface area (Å²) >= 11 is 6.68. The number of benzene rings is 1. The van der Waals surface area contributed by atoms with Crippen LogP contribution in [0.4, 0.5) is 19.6 Å². The maximum atomic E-state index is 14.5. The van der Waals surface area contributed by atoms with Crippen LogP contribution in [0.3, 0.4) is 0 Å². The number of likely N-dealkylation sites (N-methyl/N-ethyl adjacent to an activating group) is 1. The predicted octanol–water partition coefficient (Wildman–Crippen LogP) is 4.07. The molecule has 0 radical (unpaired) electrons. The minimum absolute atomic E-state index is 0.0746. The topological polar surface area (TPSA) is 83.1 Å². The van der Waals surface area contributed by atoms with Gasteiger partial charge in [0.2, 0.25) is 0 Å². The van der Waals surface area contributed by atoms with Crippen LogP contribution in [-0.4, -0.2) is 33.0 Å². The fourth-order valence-corrected chi connectivity index (χ4v) is 5.18. The van der Waals surface area contributed by atoms with Crippen LogP contribution in [-0.2, 0) is 10.0 Å². The molecule has 28 heavy (non-hydrogen) atoms. The van der Waals surface area contributed by atoms with E-state index in [1.165, 1.54) is 19.3 Å². The molecule has 1 fully saturated rings. The highest BCUT2D eigenvalue weighted by Gasteiger charge is 2.24. The molecule has 0 amide bonds. The lowest BCUT2D eigenvalue weighted by Gasteiger charge is -2.30. The molecule has 0 spiro atoms. The SMILES string of the molecule is CNC(CNc1cc(F)c(S(=O)(=O)Nc2ncc(F)s2)cc1Cl)CC1CCC1. The van der Waals surface area contributed by atoms with E-state index in [9.17, 15) is 17.2 Å². The first kappa shape index (κ1) is 21.2. The van der Waals surface area contributed by atoms with Gasteiger partial charge in [0.15, 0.2) is 10.3 Å². The van der Waals surface area contributed by atoms with Crippen molar-refractivity contribution in [3.05, 3.63) is 34.3 Å². The van der Waals surface area contributed by atoms with Crippen LogP contribution in [0, 0.1) is 16.9 Å². The molecule has 1 aromatic heterocycles. The number of halogens is 3. The molecule has 1 aromatic carbocycles. The van der Waals surface area contributed by atoms with E-state index < -0.39 is 25.9 Å². The van der Waals surface area contributed by atoms with Crippen LogP contribution in [0.5, 0.6) is 0 Å². The Morgan fingerprint density at radius 3 is 2.68 bits per heavy atom. The lowest BCUT2D eigenvalue weighted by atomic mass is 9.81. The number of nitrogens with zero attached hydrogens (tertiary/aromatic N) is 1. The molecule has 154 valence electrons. The molecule has 11 heteroatoms. The van der Waals surface area contributed by atoms with Crippen molar-refractivity contribution in [2.45, 2.75) is 36.6 Å². The fraction of sp³-hybridized carbons (Fsp3) is 0.471. The number of rotatable bonds is 9. The van der Waals surface area contributed by atoms with E-state index in [1.54, 1.807) is 0 Å². The van der Waals surface area contributed by atoms with Gasteiger partial charge in [0, 0.05) is 12.6 Å². The molecule has 3 N–H and O–H groups in total. The zero-order chi connectivity index (χ0) is 20.3. The van der Waals surface area contributed by atoms with Crippen LogP contribution in [0.2, 0.25) is 5.02 Å². The molecule has 0 aliphatic heterocycles. The average Bonchev–Trinajstić information content (AvgIpc) is 2.99. The van der Waals surface area contributed by atoms with E-state index >= 15 is 0 Å². The number of hydrogen-bond acceptors (Lipinski definition) is 6. The molecule has 0 bridgehead atoms. The molecule has 1 saturated carbocycles. The highest BCUT2D eigenvalue weighted by molar-refractivity contribution is 7.93. The van der Waals surface area contributed by atoms with Gasteiger partial charge in [-0.1, -0.05) is 42.2 Å². The van der Waals surface area contributed by atoms with E-state index in [4.69, 9.17) is 11.6 Å². The van der Waals surface area contributed by atoms with Crippen molar-refractivity contribution >= 4 is 43.8 Å². The predicted molar refractivity (Wildman–Crippen MR) is 108 cm³/mol. The minimum atomic E-state index is -4.29. The van der Waals surface area contributed by atoms with Crippen molar-refractivity contribution in [3.63, 3.8) is 0 Å². The summed E-state index contributed by atoms with van der Waals surface area (Å²) in [6.07, 6.45) is 5.63. The van der Waals surface area contributed by atoms with Gasteiger partial charge in [-0.15, -0.1) is 0 Å². The normalized spacial score (nSPS) is 15.9. The van der Waals surface area contributed by atoms with Crippen molar-refractivity contribution in [2.24, 2.45) is 5.92 Å². The highest BCUT2D eigenvalue weighted by Crippen LogP contribution is 2.32. The average molecular weight is 451 g/mol. The summed E-state index contributed by atoms with van der Waals surface area (Å²) in [4.78, 5) is 2.94. The van der Waals surface area contributed by atoms with Crippen molar-refractivity contribution in [2.75, 3.05) is 23.6 Å². The molecular weight excluding hydrogens is 430 g/mol. The molecule has 3 rings (SSSR count). The van der Waals surface area contributed by atoms with Crippen LogP contribution < -0.4 is 15.4 Å². The smallest absolute Gasteiger partial charge is 0.266 e. The second kappa shape index (κ2) is 8.89. The minimum Gasteiger partial charge on any atom is -0.382 e. The Labute approximate surface area is 171 Å². The van der Waals surface area contributed by atoms with Crippen molar-refractivity contribution < 1.29 is 17.2 Å². The van der Waals surface area contributed by atoms with Crippen molar-refractivity contribution in [1.29, 1.82) is 0 Å². The summed E-state index contributed by atoms with van der Waals surface area (Å²) in [6, 6.07) is 2.29. The summed E-state index contributed by atoms with van der Waals surface area (Å²) < 4.78 is 54.3. The summed E-state index contributed by atoms with van der Waals surface area (Å²) in [5.41, 5.74) is 0.312. The number of anilines is 2. The van der Waals surface area contributed by atoms with Crippen LogP contribution in [0.1, 0.15) is 25.7 Å². The van der Waals surface area contributed by atoms with Crippen molar-refractivity contribution in [1.82, 2.24) is 10.3 Å². The third kappa shape index (κ3) is 5.11. The zero-order valence-electron chi connectivity index (χ0n) is 15.1. The van der Waals surface area contributed by atoms with Gasteiger partial charge < -0.3 is 10.6 Å². The van der Waals surface area contributed by atoms with Crippen LogP contribution >= 0.6 is 22.9 Å². The first-order chi connectivity index (χ1) is 13.3. The molecule has 0 saturated heterocycles. The van der Waals surface area contributed by atoms with E-state index in [2.05, 4.69) is 15.6 Å². The maximum absolute atomic E-state index is 14.5. The second-order valence-electron chi connectivity index (χ2n) is 6.74. The van der Waals surface area contributed by atoms with E-state index in [0.717, 1.165) is 24.8 Å². The Morgan fingerprint density at radius 2 is 2.11 bits per heavy atom. The lowest BCUT2D eigenvalue weighted by Crippen LogP contribution is -2.36. The van der Waals surface area contributed by atoms with E-state index in [0.29, 0.717) is 29.5 Å². The van der Waals surface area contributed by atoms with E-state index in [-0.39, 0.29) is 16.2 Å². The first-order valence-corrected chi connectivity index (χ1v) is 11.5.